The van der Waals surface area contributed by atoms with Crippen molar-refractivity contribution in [2.75, 3.05) is 6.61 Å². The molecule has 3 rings (SSSR count). The molecule has 0 atom stereocenters. The fraction of sp³-hybridized carbons (Fsp3) is 0.118. The Bertz CT molecular complexity index is 1050. The first-order valence-electron chi connectivity index (χ1n) is 8.03. The Kier molecular flexibility index (Phi) is 4.97. The van der Waals surface area contributed by atoms with Gasteiger partial charge in [0, 0.05) is 11.8 Å². The van der Waals surface area contributed by atoms with E-state index in [4.69, 9.17) is 21.9 Å². The lowest BCUT2D eigenvalue weighted by molar-refractivity contribution is 0.0528. The number of benzene rings is 1. The van der Waals surface area contributed by atoms with Crippen molar-refractivity contribution < 1.29 is 9.53 Å². The second kappa shape index (κ2) is 7.52. The van der Waals surface area contributed by atoms with Crippen molar-refractivity contribution in [3.63, 3.8) is 0 Å². The first-order valence-corrected chi connectivity index (χ1v) is 8.03. The van der Waals surface area contributed by atoms with Gasteiger partial charge in [-0.2, -0.15) is 10.1 Å². The average Bonchev–Trinajstić information content (AvgIpc) is 3.05. The highest BCUT2D eigenvalue weighted by atomic mass is 16.5. The number of rotatable bonds is 4. The molecule has 0 spiro atoms. The molecular weight excluding hydrogens is 348 g/mol. The van der Waals surface area contributed by atoms with E-state index in [1.807, 2.05) is 6.07 Å². The monoisotopic (exact) mass is 366 g/mol. The maximum Gasteiger partial charge on any atom is 0.343 e. The standard InChI is InChI=1S/C17H18N8O2/c1-2-27-15(26)12-9-22-25-13(6-7-21-14(12)25)10-4-3-5-11(8-10)23-17(20)24-16(18)19/h3-9H,2H2,1H3,(H6,18,19,20,23,24). The Morgan fingerprint density at radius 2 is 2.07 bits per heavy atom. The molecule has 27 heavy (non-hydrogen) atoms. The summed E-state index contributed by atoms with van der Waals surface area (Å²) in [5.74, 6) is -0.706. The number of hydrogen-bond donors (Lipinski definition) is 3. The SMILES string of the molecule is CCOC(=O)c1cnn2c(-c3cccc(N=C(N)N=C(N)N)c3)ccnc12. The highest BCUT2D eigenvalue weighted by Crippen LogP contribution is 2.25. The molecule has 0 aliphatic heterocycles. The summed E-state index contributed by atoms with van der Waals surface area (Å²) in [5, 5.41) is 4.27. The van der Waals surface area contributed by atoms with E-state index in [1.165, 1.54) is 6.20 Å². The maximum atomic E-state index is 12.1. The quantitative estimate of drug-likeness (QED) is 0.349. The van der Waals surface area contributed by atoms with Gasteiger partial charge < -0.3 is 21.9 Å². The minimum atomic E-state index is -0.472. The smallest absolute Gasteiger partial charge is 0.343 e. The van der Waals surface area contributed by atoms with Gasteiger partial charge in [-0.05, 0) is 25.1 Å². The van der Waals surface area contributed by atoms with Crippen molar-refractivity contribution >= 4 is 29.2 Å². The molecule has 0 aliphatic rings. The van der Waals surface area contributed by atoms with Crippen LogP contribution in [0.5, 0.6) is 0 Å². The molecule has 0 saturated carbocycles. The molecule has 2 aromatic heterocycles. The molecule has 0 unspecified atom stereocenters. The van der Waals surface area contributed by atoms with Crippen LogP contribution >= 0.6 is 0 Å². The maximum absolute atomic E-state index is 12.1. The van der Waals surface area contributed by atoms with Gasteiger partial charge in [0.15, 0.2) is 11.6 Å². The van der Waals surface area contributed by atoms with Gasteiger partial charge in [-0.25, -0.2) is 19.3 Å². The molecule has 0 radical (unpaired) electrons. The van der Waals surface area contributed by atoms with Gasteiger partial charge in [0.2, 0.25) is 5.96 Å². The molecule has 10 nitrogen and oxygen atoms in total. The first kappa shape index (κ1) is 17.9. The third-order valence-corrected chi connectivity index (χ3v) is 3.53. The molecular formula is C17H18N8O2. The molecule has 10 heteroatoms. The van der Waals surface area contributed by atoms with Crippen molar-refractivity contribution in [2.45, 2.75) is 6.92 Å². The predicted octanol–water partition coefficient (Wildman–Crippen LogP) is 0.793. The fourth-order valence-electron chi connectivity index (χ4n) is 2.49. The number of carbonyl (C=O) groups is 1. The van der Waals surface area contributed by atoms with Crippen molar-refractivity contribution in [3.05, 3.63) is 48.3 Å². The second-order valence-electron chi connectivity index (χ2n) is 5.40. The Labute approximate surface area is 154 Å². The van der Waals surface area contributed by atoms with Crippen LogP contribution in [0.15, 0.2) is 52.7 Å². The van der Waals surface area contributed by atoms with Gasteiger partial charge in [-0.1, -0.05) is 12.1 Å². The summed E-state index contributed by atoms with van der Waals surface area (Å²) in [4.78, 5) is 24.1. The lowest BCUT2D eigenvalue weighted by Gasteiger charge is -2.06. The Hall–Kier alpha value is -3.95. The molecule has 0 amide bonds. The summed E-state index contributed by atoms with van der Waals surface area (Å²) < 4.78 is 6.60. The number of nitrogens with two attached hydrogens (primary N) is 3. The average molecular weight is 366 g/mol. The van der Waals surface area contributed by atoms with Crippen LogP contribution in [-0.2, 0) is 4.74 Å². The highest BCUT2D eigenvalue weighted by molar-refractivity contribution is 5.96. The minimum Gasteiger partial charge on any atom is -0.462 e. The summed E-state index contributed by atoms with van der Waals surface area (Å²) in [6.07, 6.45) is 3.03. The van der Waals surface area contributed by atoms with Gasteiger partial charge >= 0.3 is 5.97 Å². The van der Waals surface area contributed by atoms with Crippen LogP contribution in [-0.4, -0.2) is 39.1 Å². The van der Waals surface area contributed by atoms with E-state index in [-0.39, 0.29) is 18.5 Å². The van der Waals surface area contributed by atoms with E-state index in [2.05, 4.69) is 20.1 Å². The third kappa shape index (κ3) is 3.84. The topological polar surface area (TPSA) is 159 Å². The lowest BCUT2D eigenvalue weighted by atomic mass is 10.1. The lowest BCUT2D eigenvalue weighted by Crippen LogP contribution is -2.26. The molecule has 0 saturated heterocycles. The molecule has 6 N–H and O–H groups in total. The van der Waals surface area contributed by atoms with Crippen LogP contribution in [0.25, 0.3) is 16.9 Å². The van der Waals surface area contributed by atoms with Gasteiger partial charge in [-0.3, -0.25) is 0 Å². The van der Waals surface area contributed by atoms with Gasteiger partial charge in [0.05, 0.1) is 24.2 Å². The van der Waals surface area contributed by atoms with Crippen LogP contribution < -0.4 is 17.2 Å². The summed E-state index contributed by atoms with van der Waals surface area (Å²) in [7, 11) is 0. The van der Waals surface area contributed by atoms with Crippen molar-refractivity contribution in [3.8, 4) is 11.3 Å². The number of ether oxygens (including phenoxy) is 1. The molecule has 3 aromatic rings. The third-order valence-electron chi connectivity index (χ3n) is 3.53. The van der Waals surface area contributed by atoms with E-state index < -0.39 is 5.97 Å². The van der Waals surface area contributed by atoms with Gasteiger partial charge in [0.25, 0.3) is 0 Å². The van der Waals surface area contributed by atoms with E-state index in [9.17, 15) is 4.79 Å². The molecule has 1 aromatic carbocycles. The number of aliphatic imine (C=N–C) groups is 2. The Balaban J connectivity index is 2.05. The molecule has 0 fully saturated rings. The molecule has 0 aliphatic carbocycles. The largest absolute Gasteiger partial charge is 0.462 e. The zero-order chi connectivity index (χ0) is 19.4. The number of carbonyl (C=O) groups excluding carboxylic acids is 1. The second-order valence-corrected chi connectivity index (χ2v) is 5.40. The van der Waals surface area contributed by atoms with Gasteiger partial charge in [0.1, 0.15) is 5.56 Å². The van der Waals surface area contributed by atoms with Crippen LogP contribution in [0.3, 0.4) is 0 Å². The normalized spacial score (nSPS) is 11.4. The Morgan fingerprint density at radius 3 is 2.81 bits per heavy atom. The van der Waals surface area contributed by atoms with Crippen molar-refractivity contribution in [2.24, 2.45) is 27.2 Å². The van der Waals surface area contributed by atoms with Crippen LogP contribution in [0.4, 0.5) is 5.69 Å². The van der Waals surface area contributed by atoms with Crippen LogP contribution in [0.1, 0.15) is 17.3 Å². The van der Waals surface area contributed by atoms with E-state index in [1.54, 1.807) is 41.9 Å². The fourth-order valence-corrected chi connectivity index (χ4v) is 2.49. The molecule has 138 valence electrons. The number of hydrogen-bond acceptors (Lipinski definition) is 5. The van der Waals surface area contributed by atoms with Crippen LogP contribution in [0.2, 0.25) is 0 Å². The van der Waals surface area contributed by atoms with E-state index in [0.717, 1.165) is 5.56 Å². The zero-order valence-electron chi connectivity index (χ0n) is 14.5. The summed E-state index contributed by atoms with van der Waals surface area (Å²) in [6.45, 7) is 2.01. The van der Waals surface area contributed by atoms with Gasteiger partial charge in [-0.15, -0.1) is 0 Å². The zero-order valence-corrected chi connectivity index (χ0v) is 14.5. The number of esters is 1. The number of guanidine groups is 2. The molecule has 0 bridgehead atoms. The highest BCUT2D eigenvalue weighted by Gasteiger charge is 2.17. The number of nitrogens with zero attached hydrogens (tertiary/aromatic N) is 5. The van der Waals surface area contributed by atoms with Crippen LogP contribution in [0, 0.1) is 0 Å². The van der Waals surface area contributed by atoms with Crippen molar-refractivity contribution in [1.82, 2.24) is 14.6 Å². The summed E-state index contributed by atoms with van der Waals surface area (Å²) >= 11 is 0. The molecule has 2 heterocycles. The Morgan fingerprint density at radius 1 is 1.26 bits per heavy atom. The summed E-state index contributed by atoms with van der Waals surface area (Å²) in [5.41, 5.74) is 19.0. The number of aromatic nitrogens is 3. The number of fused-ring (bicyclic) bond motifs is 1. The minimum absolute atomic E-state index is 0.0595. The summed E-state index contributed by atoms with van der Waals surface area (Å²) in [6, 6.07) is 8.99. The van der Waals surface area contributed by atoms with E-state index >= 15 is 0 Å². The van der Waals surface area contributed by atoms with Crippen molar-refractivity contribution in [1.29, 1.82) is 0 Å². The first-order chi connectivity index (χ1) is 13.0. The van der Waals surface area contributed by atoms with E-state index in [0.29, 0.717) is 22.6 Å². The predicted molar refractivity (Wildman–Crippen MR) is 101 cm³/mol.